The number of carbonyl (C=O) groups excluding carboxylic acids is 2. The van der Waals surface area contributed by atoms with Crippen molar-refractivity contribution in [3.63, 3.8) is 0 Å². The standard InChI is InChI=1S/C19H29N3O2S/c1-14(23)20-9-8-17-13-25-19(21-17)16-7-4-10-22(12-16)18(24)11-15-5-2-3-6-15/h13,15-16H,2-12H2,1H3,(H,20,23). The van der Waals surface area contributed by atoms with E-state index in [2.05, 4.69) is 15.6 Å². The van der Waals surface area contributed by atoms with Crippen molar-refractivity contribution in [1.82, 2.24) is 15.2 Å². The van der Waals surface area contributed by atoms with Gasteiger partial charge in [0.05, 0.1) is 10.7 Å². The zero-order chi connectivity index (χ0) is 17.6. The first kappa shape index (κ1) is 18.4. The van der Waals surface area contributed by atoms with Crippen LogP contribution < -0.4 is 5.32 Å². The average Bonchev–Trinajstić information content (AvgIpc) is 3.26. The maximum absolute atomic E-state index is 12.6. The second-order valence-corrected chi connectivity index (χ2v) is 8.33. The van der Waals surface area contributed by atoms with Crippen molar-refractivity contribution in [3.05, 3.63) is 16.1 Å². The van der Waals surface area contributed by atoms with E-state index in [1.807, 2.05) is 0 Å². The molecule has 1 aromatic rings. The van der Waals surface area contributed by atoms with Crippen LogP contribution in [0.2, 0.25) is 0 Å². The molecule has 3 rings (SSSR count). The summed E-state index contributed by atoms with van der Waals surface area (Å²) in [7, 11) is 0. The van der Waals surface area contributed by atoms with Gasteiger partial charge in [0.1, 0.15) is 0 Å². The highest BCUT2D eigenvalue weighted by Crippen LogP contribution is 2.32. The van der Waals surface area contributed by atoms with Gasteiger partial charge < -0.3 is 10.2 Å². The molecule has 1 saturated heterocycles. The molecule has 1 N–H and O–H groups in total. The van der Waals surface area contributed by atoms with Gasteiger partial charge in [-0.15, -0.1) is 11.3 Å². The van der Waals surface area contributed by atoms with Crippen LogP contribution in [0.25, 0.3) is 0 Å². The van der Waals surface area contributed by atoms with Crippen LogP contribution in [0.1, 0.15) is 68.5 Å². The molecule has 1 atom stereocenters. The number of piperidine rings is 1. The van der Waals surface area contributed by atoms with E-state index >= 15 is 0 Å². The Morgan fingerprint density at radius 2 is 2.08 bits per heavy atom. The van der Waals surface area contributed by atoms with Crippen LogP contribution in [-0.2, 0) is 16.0 Å². The number of aromatic nitrogens is 1. The topological polar surface area (TPSA) is 62.3 Å². The van der Waals surface area contributed by atoms with E-state index in [-0.39, 0.29) is 5.91 Å². The number of nitrogens with one attached hydrogen (secondary N) is 1. The Bertz CT molecular complexity index is 595. The van der Waals surface area contributed by atoms with Gasteiger partial charge in [-0.1, -0.05) is 12.8 Å². The van der Waals surface area contributed by atoms with Crippen LogP contribution in [0, 0.1) is 5.92 Å². The van der Waals surface area contributed by atoms with Gasteiger partial charge in [0.15, 0.2) is 0 Å². The normalized spacial score (nSPS) is 21.5. The summed E-state index contributed by atoms with van der Waals surface area (Å²) < 4.78 is 0. The van der Waals surface area contributed by atoms with Crippen LogP contribution in [0.5, 0.6) is 0 Å². The number of carbonyl (C=O) groups is 2. The summed E-state index contributed by atoms with van der Waals surface area (Å²) in [5, 5.41) is 6.05. The minimum absolute atomic E-state index is 0.000787. The zero-order valence-electron chi connectivity index (χ0n) is 15.1. The molecule has 25 heavy (non-hydrogen) atoms. The Hall–Kier alpha value is -1.43. The molecule has 5 nitrogen and oxygen atoms in total. The zero-order valence-corrected chi connectivity index (χ0v) is 15.9. The van der Waals surface area contributed by atoms with Gasteiger partial charge in [0.25, 0.3) is 0 Å². The molecule has 1 aliphatic heterocycles. The van der Waals surface area contributed by atoms with Crippen molar-refractivity contribution < 1.29 is 9.59 Å². The van der Waals surface area contributed by atoms with E-state index in [9.17, 15) is 9.59 Å². The minimum Gasteiger partial charge on any atom is -0.356 e. The smallest absolute Gasteiger partial charge is 0.222 e. The Morgan fingerprint density at radius 3 is 2.84 bits per heavy atom. The van der Waals surface area contributed by atoms with Gasteiger partial charge in [0, 0.05) is 50.7 Å². The molecule has 2 aliphatic rings. The SMILES string of the molecule is CC(=O)NCCc1csc(C2CCCN(C(=O)CC3CCCC3)C2)n1. The number of likely N-dealkylation sites (tertiary alicyclic amines) is 1. The average molecular weight is 364 g/mol. The number of amides is 2. The van der Waals surface area contributed by atoms with Gasteiger partial charge in [-0.2, -0.15) is 0 Å². The Labute approximate surface area is 154 Å². The van der Waals surface area contributed by atoms with Crippen LogP contribution in [0.3, 0.4) is 0 Å². The largest absolute Gasteiger partial charge is 0.356 e. The highest BCUT2D eigenvalue weighted by atomic mass is 32.1. The summed E-state index contributed by atoms with van der Waals surface area (Å²) in [5.41, 5.74) is 1.04. The molecule has 1 aliphatic carbocycles. The lowest BCUT2D eigenvalue weighted by molar-refractivity contribution is -0.133. The lowest BCUT2D eigenvalue weighted by Gasteiger charge is -2.32. The fourth-order valence-electron chi connectivity index (χ4n) is 3.99. The Kier molecular flexibility index (Phi) is 6.45. The Morgan fingerprint density at radius 1 is 1.28 bits per heavy atom. The molecule has 6 heteroatoms. The van der Waals surface area contributed by atoms with E-state index in [1.165, 1.54) is 32.6 Å². The highest BCUT2D eigenvalue weighted by Gasteiger charge is 2.28. The number of rotatable bonds is 6. The molecule has 1 saturated carbocycles. The molecule has 1 unspecified atom stereocenters. The van der Waals surface area contributed by atoms with Gasteiger partial charge in [-0.3, -0.25) is 9.59 Å². The Balaban J connectivity index is 1.51. The summed E-state index contributed by atoms with van der Waals surface area (Å²) in [6.45, 7) is 3.90. The van der Waals surface area contributed by atoms with Gasteiger partial charge in [-0.05, 0) is 31.6 Å². The molecule has 0 bridgehead atoms. The number of hydrogen-bond acceptors (Lipinski definition) is 4. The molecule has 138 valence electrons. The molecule has 0 spiro atoms. The highest BCUT2D eigenvalue weighted by molar-refractivity contribution is 7.09. The fraction of sp³-hybridized carbons (Fsp3) is 0.737. The molecule has 2 amide bonds. The number of thiazole rings is 1. The first-order valence-electron chi connectivity index (χ1n) is 9.58. The molecule has 0 radical (unpaired) electrons. The fourth-order valence-corrected chi connectivity index (χ4v) is 4.97. The van der Waals surface area contributed by atoms with Crippen LogP contribution in [-0.4, -0.2) is 41.3 Å². The van der Waals surface area contributed by atoms with Crippen molar-refractivity contribution in [1.29, 1.82) is 0 Å². The van der Waals surface area contributed by atoms with Gasteiger partial charge >= 0.3 is 0 Å². The van der Waals surface area contributed by atoms with Crippen LogP contribution in [0.15, 0.2) is 5.38 Å². The second-order valence-electron chi connectivity index (χ2n) is 7.44. The van der Waals surface area contributed by atoms with Crippen molar-refractivity contribution in [2.75, 3.05) is 19.6 Å². The maximum Gasteiger partial charge on any atom is 0.222 e. The summed E-state index contributed by atoms with van der Waals surface area (Å²) in [4.78, 5) is 30.4. The van der Waals surface area contributed by atoms with E-state index in [0.717, 1.165) is 49.5 Å². The van der Waals surface area contributed by atoms with Gasteiger partial charge in [0.2, 0.25) is 11.8 Å². The molecule has 2 heterocycles. The van der Waals surface area contributed by atoms with Crippen molar-refractivity contribution in [2.24, 2.45) is 5.92 Å². The van der Waals surface area contributed by atoms with Crippen molar-refractivity contribution in [2.45, 2.75) is 64.2 Å². The molecule has 2 fully saturated rings. The van der Waals surface area contributed by atoms with E-state index in [1.54, 1.807) is 11.3 Å². The summed E-state index contributed by atoms with van der Waals surface area (Å²) in [6, 6.07) is 0. The van der Waals surface area contributed by atoms with Gasteiger partial charge in [-0.25, -0.2) is 4.98 Å². The lowest BCUT2D eigenvalue weighted by Crippen LogP contribution is -2.39. The van der Waals surface area contributed by atoms with Crippen LogP contribution in [0.4, 0.5) is 0 Å². The first-order valence-corrected chi connectivity index (χ1v) is 10.5. The quantitative estimate of drug-likeness (QED) is 0.845. The summed E-state index contributed by atoms with van der Waals surface area (Å²) >= 11 is 1.70. The summed E-state index contributed by atoms with van der Waals surface area (Å²) in [6.07, 6.45) is 8.75. The van der Waals surface area contributed by atoms with Crippen LogP contribution >= 0.6 is 11.3 Å². The van der Waals surface area contributed by atoms with Crippen molar-refractivity contribution in [3.8, 4) is 0 Å². The number of nitrogens with zero attached hydrogens (tertiary/aromatic N) is 2. The van der Waals surface area contributed by atoms with Crippen molar-refractivity contribution >= 4 is 23.2 Å². The minimum atomic E-state index is -0.000787. The third-order valence-corrected chi connectivity index (χ3v) is 6.44. The third kappa shape index (κ3) is 5.27. The molecular formula is C19H29N3O2S. The predicted octanol–water partition coefficient (Wildman–Crippen LogP) is 3.11. The summed E-state index contributed by atoms with van der Waals surface area (Å²) in [5.74, 6) is 1.34. The predicted molar refractivity (Wildman–Crippen MR) is 99.6 cm³/mol. The molecular weight excluding hydrogens is 334 g/mol. The first-order chi connectivity index (χ1) is 12.1. The lowest BCUT2D eigenvalue weighted by atomic mass is 9.97. The molecule has 0 aromatic carbocycles. The van der Waals surface area contributed by atoms with E-state index < -0.39 is 0 Å². The second kappa shape index (κ2) is 8.79. The number of hydrogen-bond donors (Lipinski definition) is 1. The maximum atomic E-state index is 12.6. The van der Waals surface area contributed by atoms with E-state index in [4.69, 9.17) is 4.98 Å². The van der Waals surface area contributed by atoms with E-state index in [0.29, 0.717) is 24.3 Å². The third-order valence-electron chi connectivity index (χ3n) is 5.39. The monoisotopic (exact) mass is 363 g/mol. The molecule has 1 aromatic heterocycles.